The van der Waals surface area contributed by atoms with Gasteiger partial charge in [-0.3, -0.25) is 4.79 Å². The van der Waals surface area contributed by atoms with Crippen molar-refractivity contribution in [1.29, 1.82) is 0 Å². The fourth-order valence-corrected chi connectivity index (χ4v) is 1.97. The summed E-state index contributed by atoms with van der Waals surface area (Å²) in [5.74, 6) is 0.118. The molecule has 0 saturated heterocycles. The zero-order valence-corrected chi connectivity index (χ0v) is 11.5. The summed E-state index contributed by atoms with van der Waals surface area (Å²) in [5, 5.41) is 3.72. The number of carbonyl (C=O) groups excluding carboxylic acids is 1. The van der Waals surface area contributed by atoms with E-state index in [0.29, 0.717) is 23.7 Å². The molecule has 0 radical (unpaired) electrons. The molecule has 0 aliphatic carbocycles. The monoisotopic (exact) mass is 276 g/mol. The number of nitrogens with two attached hydrogens (primary N) is 1. The molecule has 2 aromatic rings. The first-order valence-electron chi connectivity index (χ1n) is 6.13. The predicted molar refractivity (Wildman–Crippen MR) is 79.3 cm³/mol. The van der Waals surface area contributed by atoms with E-state index in [1.165, 1.54) is 0 Å². The molecule has 0 unspecified atom stereocenters. The number of hydrogen-bond donors (Lipinski definition) is 2. The van der Waals surface area contributed by atoms with Gasteiger partial charge in [-0.2, -0.15) is 0 Å². The highest BCUT2D eigenvalue weighted by molar-refractivity contribution is 7.80. The Morgan fingerprint density at radius 2 is 2.21 bits per heavy atom. The van der Waals surface area contributed by atoms with Gasteiger partial charge in [0.1, 0.15) is 5.58 Å². The van der Waals surface area contributed by atoms with Gasteiger partial charge in [-0.15, -0.1) is 0 Å². The van der Waals surface area contributed by atoms with Crippen LogP contribution in [0.25, 0.3) is 11.0 Å². The average molecular weight is 276 g/mol. The fraction of sp³-hybridized carbons (Fsp3) is 0.286. The van der Waals surface area contributed by atoms with Crippen molar-refractivity contribution < 1.29 is 9.21 Å². The summed E-state index contributed by atoms with van der Waals surface area (Å²) in [5.41, 5.74) is 7.24. The minimum Gasteiger partial charge on any atom is -0.451 e. The van der Waals surface area contributed by atoms with E-state index in [1.54, 1.807) is 6.07 Å². The van der Waals surface area contributed by atoms with Crippen LogP contribution in [-0.2, 0) is 0 Å². The van der Waals surface area contributed by atoms with Gasteiger partial charge in [0.05, 0.1) is 4.99 Å². The van der Waals surface area contributed by atoms with Gasteiger partial charge in [0.2, 0.25) is 0 Å². The van der Waals surface area contributed by atoms with Crippen molar-refractivity contribution in [2.75, 3.05) is 6.54 Å². The van der Waals surface area contributed by atoms with Crippen molar-refractivity contribution in [2.45, 2.75) is 19.8 Å². The number of fused-ring (bicyclic) bond motifs is 1. The zero-order chi connectivity index (χ0) is 13.8. The van der Waals surface area contributed by atoms with E-state index in [4.69, 9.17) is 22.4 Å². The molecule has 0 bridgehead atoms. The SMILES string of the molecule is Cc1ccc2oc(C(=O)NCCCC(N)=S)cc2c1. The van der Waals surface area contributed by atoms with Gasteiger partial charge in [-0.25, -0.2) is 0 Å². The molecule has 2 rings (SSSR count). The van der Waals surface area contributed by atoms with Crippen LogP contribution in [-0.4, -0.2) is 17.4 Å². The molecule has 1 aromatic carbocycles. The third-order valence-electron chi connectivity index (χ3n) is 2.78. The number of rotatable bonds is 5. The van der Waals surface area contributed by atoms with E-state index < -0.39 is 0 Å². The molecule has 0 atom stereocenters. The third kappa shape index (κ3) is 3.54. The summed E-state index contributed by atoms with van der Waals surface area (Å²) in [6.07, 6.45) is 1.37. The Balaban J connectivity index is 1.99. The van der Waals surface area contributed by atoms with Crippen molar-refractivity contribution in [3.05, 3.63) is 35.6 Å². The number of furan rings is 1. The standard InChI is InChI=1S/C14H16N2O2S/c1-9-4-5-11-10(7-9)8-12(18-11)14(17)16-6-2-3-13(15)19/h4-5,7-8H,2-3,6H2,1H3,(H2,15,19)(H,16,17). The van der Waals surface area contributed by atoms with Crippen molar-refractivity contribution in [3.63, 3.8) is 0 Å². The Labute approximate surface area is 117 Å². The number of carbonyl (C=O) groups is 1. The summed E-state index contributed by atoms with van der Waals surface area (Å²) in [6, 6.07) is 7.57. The molecule has 0 aliphatic heterocycles. The fourth-order valence-electron chi connectivity index (χ4n) is 1.83. The number of nitrogens with one attached hydrogen (secondary N) is 1. The molecule has 1 amide bonds. The molecule has 1 heterocycles. The van der Waals surface area contributed by atoms with Crippen LogP contribution in [0.5, 0.6) is 0 Å². The van der Waals surface area contributed by atoms with E-state index in [-0.39, 0.29) is 5.91 Å². The van der Waals surface area contributed by atoms with Gasteiger partial charge in [0.15, 0.2) is 5.76 Å². The van der Waals surface area contributed by atoms with Gasteiger partial charge in [0.25, 0.3) is 5.91 Å². The van der Waals surface area contributed by atoms with Gasteiger partial charge < -0.3 is 15.5 Å². The molecular formula is C14H16N2O2S. The second-order valence-electron chi connectivity index (χ2n) is 4.48. The lowest BCUT2D eigenvalue weighted by molar-refractivity contribution is 0.0928. The quantitative estimate of drug-likeness (QED) is 0.650. The summed E-state index contributed by atoms with van der Waals surface area (Å²) < 4.78 is 5.50. The van der Waals surface area contributed by atoms with Gasteiger partial charge in [0, 0.05) is 11.9 Å². The first kappa shape index (κ1) is 13.5. The molecular weight excluding hydrogens is 260 g/mol. The van der Waals surface area contributed by atoms with Gasteiger partial charge in [-0.05, 0) is 38.0 Å². The minimum atomic E-state index is -0.211. The Hall–Kier alpha value is -1.88. The first-order chi connectivity index (χ1) is 9.06. The van der Waals surface area contributed by atoms with Crippen LogP contribution in [0, 0.1) is 6.92 Å². The van der Waals surface area contributed by atoms with Crippen LogP contribution in [0.3, 0.4) is 0 Å². The molecule has 3 N–H and O–H groups in total. The highest BCUT2D eigenvalue weighted by Gasteiger charge is 2.11. The van der Waals surface area contributed by atoms with E-state index in [1.807, 2.05) is 25.1 Å². The molecule has 0 saturated carbocycles. The maximum absolute atomic E-state index is 11.9. The number of hydrogen-bond acceptors (Lipinski definition) is 3. The summed E-state index contributed by atoms with van der Waals surface area (Å²) >= 11 is 4.77. The maximum Gasteiger partial charge on any atom is 0.287 e. The third-order valence-corrected chi connectivity index (χ3v) is 2.99. The van der Waals surface area contributed by atoms with Crippen molar-refractivity contribution in [3.8, 4) is 0 Å². The lowest BCUT2D eigenvalue weighted by Gasteiger charge is -2.01. The first-order valence-corrected chi connectivity index (χ1v) is 6.54. The molecule has 5 heteroatoms. The molecule has 100 valence electrons. The Morgan fingerprint density at radius 3 is 2.95 bits per heavy atom. The van der Waals surface area contributed by atoms with Crippen LogP contribution >= 0.6 is 12.2 Å². The average Bonchev–Trinajstić information content (AvgIpc) is 2.77. The number of benzene rings is 1. The molecule has 0 spiro atoms. The molecule has 1 aromatic heterocycles. The van der Waals surface area contributed by atoms with Crippen molar-refractivity contribution in [1.82, 2.24) is 5.32 Å². The Kier molecular flexibility index (Phi) is 4.16. The Morgan fingerprint density at radius 1 is 1.42 bits per heavy atom. The van der Waals surface area contributed by atoms with E-state index >= 15 is 0 Å². The summed E-state index contributed by atoms with van der Waals surface area (Å²) in [6.45, 7) is 2.54. The number of thiocarbonyl (C=S) groups is 1. The largest absolute Gasteiger partial charge is 0.451 e. The van der Waals surface area contributed by atoms with E-state index in [2.05, 4.69) is 5.32 Å². The smallest absolute Gasteiger partial charge is 0.287 e. The Bertz CT molecular complexity index is 619. The highest BCUT2D eigenvalue weighted by atomic mass is 32.1. The van der Waals surface area contributed by atoms with Crippen LogP contribution in [0.1, 0.15) is 29.0 Å². The predicted octanol–water partition coefficient (Wildman–Crippen LogP) is 2.54. The van der Waals surface area contributed by atoms with Crippen LogP contribution < -0.4 is 11.1 Å². The lowest BCUT2D eigenvalue weighted by atomic mass is 10.2. The normalized spacial score (nSPS) is 10.6. The second-order valence-corrected chi connectivity index (χ2v) is 5.00. The van der Waals surface area contributed by atoms with Crippen molar-refractivity contribution >= 4 is 34.1 Å². The number of aryl methyl sites for hydroxylation is 1. The minimum absolute atomic E-state index is 0.211. The maximum atomic E-state index is 11.9. The van der Waals surface area contributed by atoms with Crippen molar-refractivity contribution in [2.24, 2.45) is 5.73 Å². The van der Waals surface area contributed by atoms with Gasteiger partial charge >= 0.3 is 0 Å². The summed E-state index contributed by atoms with van der Waals surface area (Å²) in [7, 11) is 0. The zero-order valence-electron chi connectivity index (χ0n) is 10.7. The van der Waals surface area contributed by atoms with Crippen LogP contribution in [0.15, 0.2) is 28.7 Å². The number of amides is 1. The molecule has 0 fully saturated rings. The van der Waals surface area contributed by atoms with Crippen LogP contribution in [0.4, 0.5) is 0 Å². The summed E-state index contributed by atoms with van der Waals surface area (Å²) in [4.78, 5) is 12.3. The molecule has 0 aliphatic rings. The highest BCUT2D eigenvalue weighted by Crippen LogP contribution is 2.20. The van der Waals surface area contributed by atoms with E-state index in [9.17, 15) is 4.79 Å². The molecule has 4 nitrogen and oxygen atoms in total. The second kappa shape index (κ2) is 5.84. The topological polar surface area (TPSA) is 68.3 Å². The van der Waals surface area contributed by atoms with Crippen LogP contribution in [0.2, 0.25) is 0 Å². The van der Waals surface area contributed by atoms with E-state index in [0.717, 1.165) is 23.0 Å². The molecule has 19 heavy (non-hydrogen) atoms. The van der Waals surface area contributed by atoms with Gasteiger partial charge in [-0.1, -0.05) is 23.8 Å². The lowest BCUT2D eigenvalue weighted by Crippen LogP contribution is -2.24.